The molecule has 0 saturated carbocycles. The van der Waals surface area contributed by atoms with E-state index in [0.717, 1.165) is 31.9 Å². The monoisotopic (exact) mass is 208 g/mol. The van der Waals surface area contributed by atoms with E-state index in [1.165, 1.54) is 0 Å². The summed E-state index contributed by atoms with van der Waals surface area (Å²) in [6, 6.07) is 6.08. The van der Waals surface area contributed by atoms with Crippen molar-refractivity contribution in [2.24, 2.45) is 0 Å². The van der Waals surface area contributed by atoms with Gasteiger partial charge in [-0.15, -0.1) is 0 Å². The Morgan fingerprint density at radius 2 is 2.47 bits per heavy atom. The molecular formula is C11H16N2O2. The summed E-state index contributed by atoms with van der Waals surface area (Å²) in [7, 11) is 1.62. The molecule has 1 saturated heterocycles. The molecule has 15 heavy (non-hydrogen) atoms. The molecule has 1 atom stereocenters. The summed E-state index contributed by atoms with van der Waals surface area (Å²) in [5, 5.41) is 3.34. The van der Waals surface area contributed by atoms with Crippen LogP contribution >= 0.6 is 0 Å². The van der Waals surface area contributed by atoms with E-state index in [9.17, 15) is 0 Å². The summed E-state index contributed by atoms with van der Waals surface area (Å²) in [5.41, 5.74) is 0. The largest absolute Gasteiger partial charge is 0.481 e. The van der Waals surface area contributed by atoms with Gasteiger partial charge in [0.05, 0.1) is 19.8 Å². The topological polar surface area (TPSA) is 43.4 Å². The van der Waals surface area contributed by atoms with Gasteiger partial charge in [-0.05, 0) is 18.9 Å². The fourth-order valence-electron chi connectivity index (χ4n) is 1.67. The average Bonchev–Trinajstić information content (AvgIpc) is 2.31. The van der Waals surface area contributed by atoms with Crippen LogP contribution in [0.4, 0.5) is 5.82 Å². The fourth-order valence-corrected chi connectivity index (χ4v) is 1.67. The first-order valence-electron chi connectivity index (χ1n) is 5.24. The number of nitrogens with zero attached hydrogens (tertiary/aromatic N) is 1. The van der Waals surface area contributed by atoms with Crippen molar-refractivity contribution in [3.63, 3.8) is 0 Å². The van der Waals surface area contributed by atoms with Gasteiger partial charge in [-0.1, -0.05) is 6.07 Å². The van der Waals surface area contributed by atoms with Crippen LogP contribution in [0.1, 0.15) is 12.8 Å². The van der Waals surface area contributed by atoms with Crippen molar-refractivity contribution in [3.05, 3.63) is 18.2 Å². The Hall–Kier alpha value is -1.29. The lowest BCUT2D eigenvalue weighted by Gasteiger charge is -2.23. The molecule has 1 aromatic heterocycles. The molecule has 4 nitrogen and oxygen atoms in total. The third-order valence-corrected chi connectivity index (χ3v) is 2.44. The molecule has 1 N–H and O–H groups in total. The van der Waals surface area contributed by atoms with Gasteiger partial charge in [0.2, 0.25) is 5.88 Å². The predicted octanol–water partition coefficient (Wildman–Crippen LogP) is 1.68. The van der Waals surface area contributed by atoms with E-state index in [2.05, 4.69) is 10.3 Å². The number of rotatable bonds is 3. The molecule has 1 aliphatic heterocycles. The van der Waals surface area contributed by atoms with E-state index < -0.39 is 0 Å². The van der Waals surface area contributed by atoms with Crippen LogP contribution in [0, 0.1) is 0 Å². The summed E-state index contributed by atoms with van der Waals surface area (Å²) in [6.07, 6.45) is 2.25. The Kier molecular flexibility index (Phi) is 3.40. The van der Waals surface area contributed by atoms with Crippen molar-refractivity contribution < 1.29 is 9.47 Å². The quantitative estimate of drug-likeness (QED) is 0.820. The lowest BCUT2D eigenvalue weighted by atomic mass is 10.1. The highest BCUT2D eigenvalue weighted by atomic mass is 16.5. The van der Waals surface area contributed by atoms with Crippen molar-refractivity contribution in [1.29, 1.82) is 0 Å². The lowest BCUT2D eigenvalue weighted by Crippen LogP contribution is -2.30. The first kappa shape index (κ1) is 10.2. The van der Waals surface area contributed by atoms with Gasteiger partial charge in [0, 0.05) is 12.7 Å². The molecule has 4 heteroatoms. The maximum atomic E-state index is 5.39. The number of nitrogens with one attached hydrogen (secondary N) is 1. The summed E-state index contributed by atoms with van der Waals surface area (Å²) in [4.78, 5) is 4.30. The molecule has 0 radical (unpaired) electrons. The van der Waals surface area contributed by atoms with E-state index in [1.54, 1.807) is 7.11 Å². The normalized spacial score (nSPS) is 21.0. The van der Waals surface area contributed by atoms with Crippen LogP contribution in [-0.4, -0.2) is 31.3 Å². The first-order chi connectivity index (χ1) is 7.38. The molecular weight excluding hydrogens is 192 g/mol. The number of hydrogen-bond donors (Lipinski definition) is 1. The molecule has 1 aliphatic rings. The molecule has 1 fully saturated rings. The van der Waals surface area contributed by atoms with Gasteiger partial charge < -0.3 is 14.8 Å². The average molecular weight is 208 g/mol. The molecule has 0 bridgehead atoms. The number of hydrogen-bond acceptors (Lipinski definition) is 4. The second-order valence-electron chi connectivity index (χ2n) is 3.62. The van der Waals surface area contributed by atoms with Crippen LogP contribution < -0.4 is 10.1 Å². The first-order valence-corrected chi connectivity index (χ1v) is 5.24. The van der Waals surface area contributed by atoms with Gasteiger partial charge in [-0.25, -0.2) is 0 Å². The van der Waals surface area contributed by atoms with Crippen molar-refractivity contribution in [2.75, 3.05) is 25.6 Å². The van der Waals surface area contributed by atoms with E-state index in [-0.39, 0.29) is 0 Å². The van der Waals surface area contributed by atoms with E-state index in [0.29, 0.717) is 11.9 Å². The maximum Gasteiger partial charge on any atom is 0.214 e. The zero-order valence-electron chi connectivity index (χ0n) is 8.90. The molecule has 2 rings (SSSR count). The Bertz CT molecular complexity index is 311. The third kappa shape index (κ3) is 2.83. The van der Waals surface area contributed by atoms with Crippen LogP contribution in [0.25, 0.3) is 0 Å². The molecule has 1 unspecified atom stereocenters. The third-order valence-electron chi connectivity index (χ3n) is 2.44. The van der Waals surface area contributed by atoms with Gasteiger partial charge in [0.1, 0.15) is 5.82 Å². The zero-order valence-corrected chi connectivity index (χ0v) is 8.90. The Labute approximate surface area is 89.6 Å². The van der Waals surface area contributed by atoms with Crippen LogP contribution in [0.2, 0.25) is 0 Å². The van der Waals surface area contributed by atoms with Crippen molar-refractivity contribution in [3.8, 4) is 5.88 Å². The molecule has 82 valence electrons. The molecule has 0 aromatic carbocycles. The Balaban J connectivity index is 1.96. The van der Waals surface area contributed by atoms with Gasteiger partial charge in [-0.3, -0.25) is 0 Å². The van der Waals surface area contributed by atoms with E-state index in [1.807, 2.05) is 18.2 Å². The van der Waals surface area contributed by atoms with Crippen LogP contribution in [-0.2, 0) is 4.74 Å². The van der Waals surface area contributed by atoms with Gasteiger partial charge in [-0.2, -0.15) is 4.98 Å². The highest BCUT2D eigenvalue weighted by Crippen LogP contribution is 2.15. The minimum absolute atomic E-state index is 0.373. The molecule has 0 amide bonds. The highest BCUT2D eigenvalue weighted by molar-refractivity contribution is 5.38. The van der Waals surface area contributed by atoms with Crippen molar-refractivity contribution >= 4 is 5.82 Å². The Morgan fingerprint density at radius 3 is 3.20 bits per heavy atom. The summed E-state index contributed by atoms with van der Waals surface area (Å²) in [6.45, 7) is 1.64. The smallest absolute Gasteiger partial charge is 0.214 e. The van der Waals surface area contributed by atoms with Crippen LogP contribution in [0.5, 0.6) is 5.88 Å². The van der Waals surface area contributed by atoms with Gasteiger partial charge in [0.25, 0.3) is 0 Å². The zero-order chi connectivity index (χ0) is 10.5. The number of methoxy groups -OCH3 is 1. The van der Waals surface area contributed by atoms with Crippen molar-refractivity contribution in [1.82, 2.24) is 4.98 Å². The molecule has 2 heterocycles. The fraction of sp³-hybridized carbons (Fsp3) is 0.545. The maximum absolute atomic E-state index is 5.39. The SMILES string of the molecule is COc1cccc(NC2CCCOC2)n1. The number of anilines is 1. The summed E-state index contributed by atoms with van der Waals surface area (Å²) < 4.78 is 10.5. The van der Waals surface area contributed by atoms with E-state index >= 15 is 0 Å². The summed E-state index contributed by atoms with van der Waals surface area (Å²) >= 11 is 0. The predicted molar refractivity (Wildman–Crippen MR) is 58.3 cm³/mol. The minimum atomic E-state index is 0.373. The van der Waals surface area contributed by atoms with Gasteiger partial charge >= 0.3 is 0 Å². The number of aromatic nitrogens is 1. The highest BCUT2D eigenvalue weighted by Gasteiger charge is 2.13. The van der Waals surface area contributed by atoms with Gasteiger partial charge in [0.15, 0.2) is 0 Å². The molecule has 0 aliphatic carbocycles. The second-order valence-corrected chi connectivity index (χ2v) is 3.62. The van der Waals surface area contributed by atoms with Crippen LogP contribution in [0.3, 0.4) is 0 Å². The standard InChI is InChI=1S/C11H16N2O2/c1-14-11-6-2-5-10(13-11)12-9-4-3-7-15-8-9/h2,5-6,9H,3-4,7-8H2,1H3,(H,12,13). The lowest BCUT2D eigenvalue weighted by molar-refractivity contribution is 0.0875. The molecule has 1 aromatic rings. The second kappa shape index (κ2) is 4.98. The Morgan fingerprint density at radius 1 is 1.53 bits per heavy atom. The number of ether oxygens (including phenoxy) is 2. The molecule has 0 spiro atoms. The number of pyridine rings is 1. The van der Waals surface area contributed by atoms with Crippen LogP contribution in [0.15, 0.2) is 18.2 Å². The van der Waals surface area contributed by atoms with E-state index in [4.69, 9.17) is 9.47 Å². The minimum Gasteiger partial charge on any atom is -0.481 e. The summed E-state index contributed by atoms with van der Waals surface area (Å²) in [5.74, 6) is 1.49. The van der Waals surface area contributed by atoms with Crippen molar-refractivity contribution in [2.45, 2.75) is 18.9 Å².